The number of aromatic nitrogens is 4. The smallest absolute Gasteiger partial charge is 0.330 e. The average molecular weight is 414 g/mol. The van der Waals surface area contributed by atoms with Gasteiger partial charge in [-0.2, -0.15) is 0 Å². The summed E-state index contributed by atoms with van der Waals surface area (Å²) in [4.78, 5) is 41.3. The fourth-order valence-electron chi connectivity index (χ4n) is 3.35. The van der Waals surface area contributed by atoms with Crippen LogP contribution in [0, 0.1) is 0 Å². The summed E-state index contributed by atoms with van der Waals surface area (Å²) in [7, 11) is 0. The monoisotopic (exact) mass is 414 g/mol. The normalized spacial score (nSPS) is 13.8. The number of nitrogens with one attached hydrogen (secondary N) is 1. The van der Waals surface area contributed by atoms with Crippen LogP contribution in [-0.2, 0) is 6.54 Å². The average Bonchev–Trinajstić information content (AvgIpc) is 3.16. The molecule has 3 heterocycles. The third kappa shape index (κ3) is 3.96. The number of carbonyl (C=O) groups is 1. The third-order valence-corrected chi connectivity index (χ3v) is 4.84. The molecule has 1 aliphatic rings. The standard InChI is InChI=1S/C19H22N6O5/c1-2-7-24(10-14-22-23-18(30-14)13-4-3-8-29-13)9-12(26)15-16(20)25(11-5-6-11)19(28)21-17(15)27/h3-4,8,11H,2,5-7,9-10,20H2,1H3,(H,21,27,28). The molecule has 3 N–H and O–H groups in total. The first-order valence-electron chi connectivity index (χ1n) is 9.74. The highest BCUT2D eigenvalue weighted by Crippen LogP contribution is 2.35. The molecule has 0 radical (unpaired) electrons. The van der Waals surface area contributed by atoms with Gasteiger partial charge in [-0.1, -0.05) is 6.92 Å². The Bertz CT molecular complexity index is 1160. The Morgan fingerprint density at radius 1 is 1.37 bits per heavy atom. The third-order valence-electron chi connectivity index (χ3n) is 4.84. The van der Waals surface area contributed by atoms with Crippen LogP contribution in [0.25, 0.3) is 11.7 Å². The molecule has 0 saturated heterocycles. The van der Waals surface area contributed by atoms with Gasteiger partial charge in [-0.3, -0.25) is 24.0 Å². The van der Waals surface area contributed by atoms with Gasteiger partial charge in [0, 0.05) is 6.04 Å². The van der Waals surface area contributed by atoms with Crippen LogP contribution in [0.15, 0.2) is 36.8 Å². The number of anilines is 1. The molecule has 3 aromatic heterocycles. The molecule has 0 bridgehead atoms. The maximum Gasteiger partial charge on any atom is 0.330 e. The predicted octanol–water partition coefficient (Wildman–Crippen LogP) is 1.19. The first kappa shape index (κ1) is 19.8. The largest absolute Gasteiger partial charge is 0.459 e. The highest BCUT2D eigenvalue weighted by molar-refractivity contribution is 6.01. The van der Waals surface area contributed by atoms with Crippen molar-refractivity contribution >= 4 is 11.6 Å². The summed E-state index contributed by atoms with van der Waals surface area (Å²) >= 11 is 0. The van der Waals surface area contributed by atoms with Gasteiger partial charge in [0.2, 0.25) is 5.89 Å². The van der Waals surface area contributed by atoms with Crippen LogP contribution in [0.3, 0.4) is 0 Å². The molecule has 0 amide bonds. The van der Waals surface area contributed by atoms with E-state index in [0.717, 1.165) is 19.3 Å². The quantitative estimate of drug-likeness (QED) is 0.491. The Labute approximate surface area is 170 Å². The number of furan rings is 1. The van der Waals surface area contributed by atoms with E-state index in [1.807, 2.05) is 6.92 Å². The van der Waals surface area contributed by atoms with Crippen molar-refractivity contribution in [3.05, 3.63) is 50.7 Å². The van der Waals surface area contributed by atoms with Crippen molar-refractivity contribution < 1.29 is 13.6 Å². The molecule has 0 spiro atoms. The van der Waals surface area contributed by atoms with Crippen LogP contribution in [-0.4, -0.2) is 43.5 Å². The van der Waals surface area contributed by atoms with E-state index in [1.165, 1.54) is 10.8 Å². The summed E-state index contributed by atoms with van der Waals surface area (Å²) in [5.74, 6) is 0.462. The number of hydrogen-bond acceptors (Lipinski definition) is 9. The number of Topliss-reactive ketones (excluding diaryl/α,β-unsaturated/α-hetero) is 1. The lowest BCUT2D eigenvalue weighted by molar-refractivity contribution is 0.0918. The van der Waals surface area contributed by atoms with E-state index < -0.39 is 17.0 Å². The first-order valence-corrected chi connectivity index (χ1v) is 9.74. The lowest BCUT2D eigenvalue weighted by Gasteiger charge is -2.19. The number of nitrogens with two attached hydrogens (primary N) is 1. The van der Waals surface area contributed by atoms with Crippen LogP contribution < -0.4 is 17.0 Å². The van der Waals surface area contributed by atoms with Crippen LogP contribution >= 0.6 is 0 Å². The molecule has 158 valence electrons. The molecule has 0 aromatic carbocycles. The van der Waals surface area contributed by atoms with Gasteiger partial charge in [-0.15, -0.1) is 10.2 Å². The van der Waals surface area contributed by atoms with Gasteiger partial charge in [0.25, 0.3) is 11.4 Å². The van der Waals surface area contributed by atoms with Crippen molar-refractivity contribution in [3.63, 3.8) is 0 Å². The molecule has 1 fully saturated rings. The van der Waals surface area contributed by atoms with E-state index in [0.29, 0.717) is 18.2 Å². The molecule has 1 saturated carbocycles. The van der Waals surface area contributed by atoms with Crippen LogP contribution in [0.2, 0.25) is 0 Å². The number of nitrogen functional groups attached to an aromatic ring is 1. The van der Waals surface area contributed by atoms with Gasteiger partial charge in [0.15, 0.2) is 11.5 Å². The number of hydrogen-bond donors (Lipinski definition) is 2. The topological polar surface area (TPSA) is 153 Å². The summed E-state index contributed by atoms with van der Waals surface area (Å²) in [6.45, 7) is 2.66. The van der Waals surface area contributed by atoms with Gasteiger partial charge in [0.1, 0.15) is 11.4 Å². The number of H-pyrrole nitrogens is 1. The van der Waals surface area contributed by atoms with E-state index in [2.05, 4.69) is 15.2 Å². The van der Waals surface area contributed by atoms with Crippen LogP contribution in [0.5, 0.6) is 0 Å². The second-order valence-electron chi connectivity index (χ2n) is 7.23. The maximum absolute atomic E-state index is 12.9. The molecule has 4 rings (SSSR count). The Kier molecular flexibility index (Phi) is 5.36. The Morgan fingerprint density at radius 3 is 2.83 bits per heavy atom. The van der Waals surface area contributed by atoms with Crippen LogP contribution in [0.4, 0.5) is 5.82 Å². The Morgan fingerprint density at radius 2 is 2.17 bits per heavy atom. The minimum atomic E-state index is -0.770. The highest BCUT2D eigenvalue weighted by atomic mass is 16.4. The SMILES string of the molecule is CCCN(CC(=O)c1c(N)n(C2CC2)c(=O)[nH]c1=O)Cc1nnc(-c2ccco2)o1. The second-order valence-corrected chi connectivity index (χ2v) is 7.23. The zero-order valence-electron chi connectivity index (χ0n) is 16.5. The van der Waals surface area contributed by atoms with Crippen molar-refractivity contribution in [2.75, 3.05) is 18.8 Å². The molecule has 0 aliphatic heterocycles. The maximum atomic E-state index is 12.9. The van der Waals surface area contributed by atoms with Gasteiger partial charge in [-0.05, 0) is 37.9 Å². The van der Waals surface area contributed by atoms with Crippen molar-refractivity contribution in [3.8, 4) is 11.7 Å². The Balaban J connectivity index is 1.54. The summed E-state index contributed by atoms with van der Waals surface area (Å²) in [5, 5.41) is 7.95. The molecule has 0 unspecified atom stereocenters. The number of nitrogens with zero attached hydrogens (tertiary/aromatic N) is 4. The van der Waals surface area contributed by atoms with Gasteiger partial charge in [0.05, 0.1) is 19.4 Å². The molecule has 11 heteroatoms. The van der Waals surface area contributed by atoms with Crippen LogP contribution in [0.1, 0.15) is 48.5 Å². The molecular weight excluding hydrogens is 392 g/mol. The summed E-state index contributed by atoms with van der Waals surface area (Å²) < 4.78 is 12.1. The van der Waals surface area contributed by atoms with Gasteiger partial charge < -0.3 is 14.6 Å². The van der Waals surface area contributed by atoms with E-state index in [-0.39, 0.29) is 36.4 Å². The fraction of sp³-hybridized carbons (Fsp3) is 0.421. The molecular formula is C19H22N6O5. The second kappa shape index (κ2) is 8.11. The zero-order chi connectivity index (χ0) is 21.3. The number of carbonyl (C=O) groups excluding carboxylic acids is 1. The van der Waals surface area contributed by atoms with Crippen molar-refractivity contribution in [1.82, 2.24) is 24.6 Å². The van der Waals surface area contributed by atoms with Crippen molar-refractivity contribution in [1.29, 1.82) is 0 Å². The lowest BCUT2D eigenvalue weighted by Crippen LogP contribution is -2.39. The number of rotatable bonds is 9. The van der Waals surface area contributed by atoms with E-state index >= 15 is 0 Å². The molecule has 30 heavy (non-hydrogen) atoms. The summed E-state index contributed by atoms with van der Waals surface area (Å²) in [5.41, 5.74) is 4.49. The van der Waals surface area contributed by atoms with E-state index in [9.17, 15) is 14.4 Å². The van der Waals surface area contributed by atoms with Crippen molar-refractivity contribution in [2.45, 2.75) is 38.8 Å². The minimum Gasteiger partial charge on any atom is -0.459 e. The lowest BCUT2D eigenvalue weighted by atomic mass is 10.1. The summed E-state index contributed by atoms with van der Waals surface area (Å²) in [6, 6.07) is 3.35. The predicted molar refractivity (Wildman–Crippen MR) is 106 cm³/mol. The zero-order valence-corrected chi connectivity index (χ0v) is 16.5. The highest BCUT2D eigenvalue weighted by Gasteiger charge is 2.30. The number of aromatic amines is 1. The molecule has 3 aromatic rings. The van der Waals surface area contributed by atoms with E-state index in [1.54, 1.807) is 17.0 Å². The summed E-state index contributed by atoms with van der Waals surface area (Å²) in [6.07, 6.45) is 3.85. The molecule has 1 aliphatic carbocycles. The Hall–Kier alpha value is -3.47. The van der Waals surface area contributed by atoms with Gasteiger partial charge in [-0.25, -0.2) is 4.79 Å². The van der Waals surface area contributed by atoms with E-state index in [4.69, 9.17) is 14.6 Å². The van der Waals surface area contributed by atoms with Gasteiger partial charge >= 0.3 is 5.69 Å². The number of ketones is 1. The molecule has 0 atom stereocenters. The minimum absolute atomic E-state index is 0.0638. The van der Waals surface area contributed by atoms with Crippen molar-refractivity contribution in [2.24, 2.45) is 0 Å². The fourth-order valence-corrected chi connectivity index (χ4v) is 3.35. The molecule has 11 nitrogen and oxygen atoms in total. The first-order chi connectivity index (χ1) is 14.5.